The van der Waals surface area contributed by atoms with Gasteiger partial charge in [-0.1, -0.05) is 40.6 Å². The van der Waals surface area contributed by atoms with E-state index in [0.29, 0.717) is 28.7 Å². The Morgan fingerprint density at radius 2 is 1.83 bits per heavy atom. The number of aromatic nitrogens is 4. The number of ether oxygens (including phenoxy) is 1. The van der Waals surface area contributed by atoms with E-state index in [2.05, 4.69) is 20.3 Å². The second-order valence-electron chi connectivity index (χ2n) is 4.93. The van der Waals surface area contributed by atoms with Gasteiger partial charge in [0.2, 0.25) is 11.7 Å². The number of hydrogen-bond acceptors (Lipinski definition) is 7. The highest BCUT2D eigenvalue weighted by molar-refractivity contribution is 5.65. The van der Waals surface area contributed by atoms with E-state index in [0.717, 1.165) is 5.56 Å². The molecule has 1 aromatic carbocycles. The lowest BCUT2D eigenvalue weighted by Gasteiger charge is -2.01. The molecule has 3 heterocycles. The SMILES string of the molecule is COc1ncccc1-c1noc(-c2cc(-c3ccccc3)on2)n1. The van der Waals surface area contributed by atoms with Crippen LogP contribution in [0.3, 0.4) is 0 Å². The van der Waals surface area contributed by atoms with E-state index in [-0.39, 0.29) is 5.89 Å². The first-order valence-corrected chi connectivity index (χ1v) is 7.21. The van der Waals surface area contributed by atoms with Gasteiger partial charge in [0.1, 0.15) is 0 Å². The first-order valence-electron chi connectivity index (χ1n) is 7.21. The van der Waals surface area contributed by atoms with Crippen LogP contribution in [-0.2, 0) is 0 Å². The molecular weight excluding hydrogens is 308 g/mol. The van der Waals surface area contributed by atoms with Crippen molar-refractivity contribution in [1.82, 2.24) is 20.3 Å². The van der Waals surface area contributed by atoms with Gasteiger partial charge in [-0.15, -0.1) is 0 Å². The Hall–Kier alpha value is -3.48. The van der Waals surface area contributed by atoms with Gasteiger partial charge in [0.25, 0.3) is 5.89 Å². The van der Waals surface area contributed by atoms with Gasteiger partial charge in [-0.05, 0) is 12.1 Å². The predicted molar refractivity (Wildman–Crippen MR) is 85.0 cm³/mol. The quantitative estimate of drug-likeness (QED) is 0.569. The first kappa shape index (κ1) is 14.1. The van der Waals surface area contributed by atoms with Crippen LogP contribution < -0.4 is 4.74 Å². The molecular formula is C17H12N4O3. The van der Waals surface area contributed by atoms with Crippen molar-refractivity contribution in [3.8, 4) is 40.2 Å². The van der Waals surface area contributed by atoms with Gasteiger partial charge < -0.3 is 13.8 Å². The molecule has 0 saturated heterocycles. The van der Waals surface area contributed by atoms with E-state index >= 15 is 0 Å². The van der Waals surface area contributed by atoms with Gasteiger partial charge >= 0.3 is 0 Å². The van der Waals surface area contributed by atoms with Crippen LogP contribution >= 0.6 is 0 Å². The lowest BCUT2D eigenvalue weighted by atomic mass is 10.2. The van der Waals surface area contributed by atoms with Crippen LogP contribution in [-0.4, -0.2) is 27.4 Å². The summed E-state index contributed by atoms with van der Waals surface area (Å²) in [5.74, 6) is 1.69. The topological polar surface area (TPSA) is 87.1 Å². The summed E-state index contributed by atoms with van der Waals surface area (Å²) in [6.07, 6.45) is 1.63. The molecule has 0 fully saturated rings. The van der Waals surface area contributed by atoms with E-state index in [1.165, 1.54) is 7.11 Å². The number of methoxy groups -OCH3 is 1. The molecule has 0 atom stereocenters. The summed E-state index contributed by atoms with van der Waals surface area (Å²) in [7, 11) is 1.54. The van der Waals surface area contributed by atoms with Crippen molar-refractivity contribution in [1.29, 1.82) is 0 Å². The lowest BCUT2D eigenvalue weighted by molar-refractivity contribution is 0.397. The molecule has 7 nitrogen and oxygen atoms in total. The van der Waals surface area contributed by atoms with Gasteiger partial charge in [0.15, 0.2) is 11.5 Å². The van der Waals surface area contributed by atoms with Crippen molar-refractivity contribution >= 4 is 0 Å². The summed E-state index contributed by atoms with van der Waals surface area (Å²) in [6.45, 7) is 0. The highest BCUT2D eigenvalue weighted by Gasteiger charge is 2.18. The van der Waals surface area contributed by atoms with Crippen LogP contribution in [0.5, 0.6) is 5.88 Å². The fraction of sp³-hybridized carbons (Fsp3) is 0.0588. The Balaban J connectivity index is 1.67. The molecule has 0 N–H and O–H groups in total. The van der Waals surface area contributed by atoms with Crippen molar-refractivity contribution in [2.75, 3.05) is 7.11 Å². The van der Waals surface area contributed by atoms with E-state index in [4.69, 9.17) is 13.8 Å². The van der Waals surface area contributed by atoms with Gasteiger partial charge in [-0.3, -0.25) is 0 Å². The third kappa shape index (κ3) is 2.52. The number of hydrogen-bond donors (Lipinski definition) is 0. The molecule has 4 aromatic rings. The normalized spacial score (nSPS) is 10.7. The summed E-state index contributed by atoms with van der Waals surface area (Å²) < 4.78 is 15.8. The highest BCUT2D eigenvalue weighted by Crippen LogP contribution is 2.29. The molecule has 7 heteroatoms. The Labute approximate surface area is 136 Å². The second-order valence-corrected chi connectivity index (χ2v) is 4.93. The Bertz CT molecular complexity index is 963. The van der Waals surface area contributed by atoms with Gasteiger partial charge in [-0.25, -0.2) is 4.98 Å². The summed E-state index contributed by atoms with van der Waals surface area (Å²) in [5, 5.41) is 7.96. The maximum atomic E-state index is 5.35. The minimum absolute atomic E-state index is 0.266. The first-order chi connectivity index (χ1) is 11.8. The van der Waals surface area contributed by atoms with Crippen LogP contribution in [0.1, 0.15) is 0 Å². The molecule has 0 aliphatic carbocycles. The van der Waals surface area contributed by atoms with E-state index in [9.17, 15) is 0 Å². The molecule has 3 aromatic heterocycles. The van der Waals surface area contributed by atoms with E-state index in [1.54, 1.807) is 24.4 Å². The number of nitrogens with zero attached hydrogens (tertiary/aromatic N) is 4. The molecule has 4 rings (SSSR count). The molecule has 0 unspecified atom stereocenters. The van der Waals surface area contributed by atoms with Gasteiger partial charge in [0.05, 0.1) is 12.7 Å². The molecule has 0 saturated carbocycles. The standard InChI is InChI=1S/C17H12N4O3/c1-22-16-12(8-5-9-18-16)15-19-17(24-21-15)13-10-14(23-20-13)11-6-3-2-4-7-11/h2-10H,1H3. The summed E-state index contributed by atoms with van der Waals surface area (Å²) in [5.41, 5.74) is 2.03. The van der Waals surface area contributed by atoms with Crippen LogP contribution in [0.15, 0.2) is 63.8 Å². The largest absolute Gasteiger partial charge is 0.480 e. The zero-order chi connectivity index (χ0) is 16.4. The Kier molecular flexibility index (Phi) is 3.51. The van der Waals surface area contributed by atoms with Crippen LogP contribution in [0.2, 0.25) is 0 Å². The fourth-order valence-electron chi connectivity index (χ4n) is 2.28. The summed E-state index contributed by atoms with van der Waals surface area (Å²) in [4.78, 5) is 8.47. The highest BCUT2D eigenvalue weighted by atomic mass is 16.5. The van der Waals surface area contributed by atoms with E-state index in [1.807, 2.05) is 30.3 Å². The Morgan fingerprint density at radius 1 is 0.958 bits per heavy atom. The lowest BCUT2D eigenvalue weighted by Crippen LogP contribution is -1.91. The molecule has 118 valence electrons. The van der Waals surface area contributed by atoms with Crippen LogP contribution in [0.4, 0.5) is 0 Å². The van der Waals surface area contributed by atoms with Gasteiger partial charge in [0, 0.05) is 17.8 Å². The summed E-state index contributed by atoms with van der Waals surface area (Å²) >= 11 is 0. The molecule has 0 spiro atoms. The zero-order valence-electron chi connectivity index (χ0n) is 12.7. The fourth-order valence-corrected chi connectivity index (χ4v) is 2.28. The molecule has 0 aliphatic heterocycles. The molecule has 0 radical (unpaired) electrons. The third-order valence-corrected chi connectivity index (χ3v) is 3.42. The maximum absolute atomic E-state index is 5.35. The predicted octanol–water partition coefficient (Wildman–Crippen LogP) is 3.46. The van der Waals surface area contributed by atoms with Crippen molar-refractivity contribution < 1.29 is 13.8 Å². The summed E-state index contributed by atoms with van der Waals surface area (Å²) in [6, 6.07) is 15.0. The average Bonchev–Trinajstić information content (AvgIpc) is 3.32. The second kappa shape index (κ2) is 5.96. The molecule has 0 amide bonds. The van der Waals surface area contributed by atoms with Crippen LogP contribution in [0, 0.1) is 0 Å². The molecule has 0 aliphatic rings. The van der Waals surface area contributed by atoms with Crippen molar-refractivity contribution in [2.45, 2.75) is 0 Å². The smallest absolute Gasteiger partial charge is 0.280 e. The minimum atomic E-state index is 0.266. The Morgan fingerprint density at radius 3 is 2.67 bits per heavy atom. The van der Waals surface area contributed by atoms with Crippen molar-refractivity contribution in [3.63, 3.8) is 0 Å². The number of rotatable bonds is 4. The zero-order valence-corrected chi connectivity index (χ0v) is 12.7. The van der Waals surface area contributed by atoms with Crippen LogP contribution in [0.25, 0.3) is 34.3 Å². The average molecular weight is 320 g/mol. The number of pyridine rings is 1. The van der Waals surface area contributed by atoms with Crippen molar-refractivity contribution in [2.24, 2.45) is 0 Å². The van der Waals surface area contributed by atoms with Crippen molar-refractivity contribution in [3.05, 3.63) is 54.7 Å². The molecule has 0 bridgehead atoms. The molecule has 24 heavy (non-hydrogen) atoms. The maximum Gasteiger partial charge on any atom is 0.280 e. The number of benzene rings is 1. The third-order valence-electron chi connectivity index (χ3n) is 3.42. The van der Waals surface area contributed by atoms with E-state index < -0.39 is 0 Å². The monoisotopic (exact) mass is 320 g/mol. The van der Waals surface area contributed by atoms with Gasteiger partial charge in [-0.2, -0.15) is 4.98 Å². The minimum Gasteiger partial charge on any atom is -0.480 e.